The second-order valence-electron chi connectivity index (χ2n) is 10.7. The number of esters is 1. The number of piperidine rings is 1. The lowest BCUT2D eigenvalue weighted by Gasteiger charge is -2.51. The van der Waals surface area contributed by atoms with Crippen LogP contribution in [0.25, 0.3) is 0 Å². The molecule has 1 aromatic rings. The molecule has 5 rings (SSSR count). The van der Waals surface area contributed by atoms with Crippen LogP contribution in [0.3, 0.4) is 0 Å². The number of hydrogen-bond acceptors (Lipinski definition) is 5. The van der Waals surface area contributed by atoms with E-state index in [0.717, 1.165) is 18.8 Å². The van der Waals surface area contributed by atoms with Crippen molar-refractivity contribution in [2.75, 3.05) is 44.2 Å². The fraction of sp³-hybridized carbons (Fsp3) is 0.704. The number of nitrogens with zero attached hydrogens (tertiary/aromatic N) is 3. The van der Waals surface area contributed by atoms with Gasteiger partial charge in [0.05, 0.1) is 30.0 Å². The maximum absolute atomic E-state index is 13.9. The number of carbonyl (C=O) groups is 2. The van der Waals surface area contributed by atoms with Gasteiger partial charge in [0.2, 0.25) is 5.91 Å². The normalized spacial score (nSPS) is 26.0. The molecule has 3 heterocycles. The lowest BCUT2D eigenvalue weighted by Crippen LogP contribution is -2.63. The van der Waals surface area contributed by atoms with Crippen molar-refractivity contribution < 1.29 is 27.5 Å². The lowest BCUT2D eigenvalue weighted by molar-refractivity contribution is -0.152. The average molecular weight is 508 g/mol. The summed E-state index contributed by atoms with van der Waals surface area (Å²) in [6.07, 6.45) is 1.85. The summed E-state index contributed by atoms with van der Waals surface area (Å²) < 4.78 is 45.6. The van der Waals surface area contributed by atoms with Crippen LogP contribution in [0.4, 0.5) is 18.9 Å². The third kappa shape index (κ3) is 4.95. The Morgan fingerprint density at radius 2 is 1.75 bits per heavy atom. The van der Waals surface area contributed by atoms with Crippen molar-refractivity contribution in [1.29, 1.82) is 0 Å². The fourth-order valence-electron chi connectivity index (χ4n) is 6.74. The highest BCUT2D eigenvalue weighted by Gasteiger charge is 2.45. The van der Waals surface area contributed by atoms with Crippen molar-refractivity contribution in [3.63, 3.8) is 0 Å². The largest absolute Gasteiger partial charge is 0.466 e. The Hall–Kier alpha value is -2.29. The third-order valence-electron chi connectivity index (χ3n) is 8.66. The van der Waals surface area contributed by atoms with E-state index in [9.17, 15) is 22.8 Å². The summed E-state index contributed by atoms with van der Waals surface area (Å²) in [5.74, 6) is -0.797. The van der Waals surface area contributed by atoms with E-state index >= 15 is 0 Å². The fourth-order valence-corrected chi connectivity index (χ4v) is 6.74. The molecule has 0 spiro atoms. The summed E-state index contributed by atoms with van der Waals surface area (Å²) >= 11 is 0. The molecule has 2 atom stereocenters. The zero-order valence-electron chi connectivity index (χ0n) is 20.9. The number of rotatable bonds is 4. The summed E-state index contributed by atoms with van der Waals surface area (Å²) in [5.41, 5.74) is 0.782. The number of alkyl halides is 3. The number of anilines is 1. The van der Waals surface area contributed by atoms with Crippen LogP contribution in [-0.4, -0.2) is 73.1 Å². The standard InChI is InChI=1S/C27H36F3N3O3/c1-2-36-26(35)18-9-11-31(12-10-18)25(34)22-16-19-15-20(27(28,29)30)7-8-23(19)33-14-13-32(17-24(22)33)21-5-3-4-6-21/h7-8,15,18,21-22,24H,2-6,9-14,16-17H2,1H3/t22-,24+/m0/s1. The van der Waals surface area contributed by atoms with E-state index in [0.29, 0.717) is 57.1 Å². The molecular formula is C27H36F3N3O3. The zero-order chi connectivity index (χ0) is 25.4. The molecule has 1 amide bonds. The number of benzene rings is 1. The van der Waals surface area contributed by atoms with Gasteiger partial charge in [-0.2, -0.15) is 13.2 Å². The SMILES string of the molecule is CCOC(=O)C1CCN(C(=O)[C@H]2Cc3cc(C(F)(F)F)ccc3N3CCN(C4CCCC4)C[C@H]23)CC1. The molecule has 36 heavy (non-hydrogen) atoms. The Morgan fingerprint density at radius 1 is 1.03 bits per heavy atom. The van der Waals surface area contributed by atoms with Crippen molar-refractivity contribution in [3.05, 3.63) is 29.3 Å². The third-order valence-corrected chi connectivity index (χ3v) is 8.66. The molecule has 3 aliphatic heterocycles. The summed E-state index contributed by atoms with van der Waals surface area (Å²) in [7, 11) is 0. The van der Waals surface area contributed by atoms with Crippen molar-refractivity contribution in [2.45, 2.75) is 70.1 Å². The van der Waals surface area contributed by atoms with Gasteiger partial charge in [0.1, 0.15) is 0 Å². The molecule has 2 saturated heterocycles. The van der Waals surface area contributed by atoms with Gasteiger partial charge in [-0.05, 0) is 62.8 Å². The monoisotopic (exact) mass is 507 g/mol. The Bertz CT molecular complexity index is 971. The smallest absolute Gasteiger partial charge is 0.416 e. The van der Waals surface area contributed by atoms with E-state index in [1.54, 1.807) is 13.0 Å². The summed E-state index contributed by atoms with van der Waals surface area (Å²) in [5, 5.41) is 0. The quantitative estimate of drug-likeness (QED) is 0.574. The van der Waals surface area contributed by atoms with Gasteiger partial charge in [0, 0.05) is 44.5 Å². The van der Waals surface area contributed by atoms with E-state index < -0.39 is 17.7 Å². The van der Waals surface area contributed by atoms with Gasteiger partial charge in [-0.15, -0.1) is 0 Å². The molecule has 3 fully saturated rings. The highest BCUT2D eigenvalue weighted by molar-refractivity contribution is 5.83. The molecule has 6 nitrogen and oxygen atoms in total. The molecule has 4 aliphatic rings. The van der Waals surface area contributed by atoms with Gasteiger partial charge in [-0.3, -0.25) is 14.5 Å². The van der Waals surface area contributed by atoms with Crippen molar-refractivity contribution in [3.8, 4) is 0 Å². The molecule has 1 saturated carbocycles. The highest BCUT2D eigenvalue weighted by Crippen LogP contribution is 2.41. The minimum Gasteiger partial charge on any atom is -0.466 e. The number of amides is 1. The molecule has 0 aromatic heterocycles. The molecule has 0 radical (unpaired) electrons. The predicted molar refractivity (Wildman–Crippen MR) is 130 cm³/mol. The number of halogens is 3. The number of ether oxygens (including phenoxy) is 1. The molecule has 1 aliphatic carbocycles. The predicted octanol–water partition coefficient (Wildman–Crippen LogP) is 4.11. The molecule has 1 aromatic carbocycles. The molecule has 0 N–H and O–H groups in total. The number of hydrogen-bond donors (Lipinski definition) is 0. The topological polar surface area (TPSA) is 53.1 Å². The van der Waals surface area contributed by atoms with Crippen LogP contribution in [0.15, 0.2) is 18.2 Å². The van der Waals surface area contributed by atoms with E-state index in [-0.39, 0.29) is 23.8 Å². The van der Waals surface area contributed by atoms with Crippen LogP contribution in [-0.2, 0) is 26.9 Å². The molecule has 0 bridgehead atoms. The summed E-state index contributed by atoms with van der Waals surface area (Å²) in [4.78, 5) is 32.5. The maximum Gasteiger partial charge on any atom is 0.416 e. The highest BCUT2D eigenvalue weighted by atomic mass is 19.4. The van der Waals surface area contributed by atoms with E-state index in [1.807, 2.05) is 4.90 Å². The van der Waals surface area contributed by atoms with E-state index in [1.165, 1.54) is 37.8 Å². The average Bonchev–Trinajstić information content (AvgIpc) is 3.42. The Labute approximate surface area is 210 Å². The van der Waals surface area contributed by atoms with Gasteiger partial charge in [-0.25, -0.2) is 0 Å². The minimum absolute atomic E-state index is 0.00337. The molecule has 0 unspecified atom stereocenters. The molecular weight excluding hydrogens is 471 g/mol. The number of carbonyl (C=O) groups excluding carboxylic acids is 2. The van der Waals surface area contributed by atoms with Crippen molar-refractivity contribution in [2.24, 2.45) is 11.8 Å². The first kappa shape index (κ1) is 25.4. The van der Waals surface area contributed by atoms with Gasteiger partial charge in [-0.1, -0.05) is 12.8 Å². The van der Waals surface area contributed by atoms with Crippen molar-refractivity contribution >= 4 is 17.6 Å². The van der Waals surface area contributed by atoms with Crippen LogP contribution < -0.4 is 4.90 Å². The van der Waals surface area contributed by atoms with Crippen molar-refractivity contribution in [1.82, 2.24) is 9.80 Å². The molecule has 9 heteroatoms. The van der Waals surface area contributed by atoms with Gasteiger partial charge in [0.25, 0.3) is 0 Å². The van der Waals surface area contributed by atoms with Crippen LogP contribution in [0.5, 0.6) is 0 Å². The number of fused-ring (bicyclic) bond motifs is 3. The Morgan fingerprint density at radius 3 is 2.42 bits per heavy atom. The first-order chi connectivity index (χ1) is 17.3. The van der Waals surface area contributed by atoms with Crippen LogP contribution in [0.2, 0.25) is 0 Å². The van der Waals surface area contributed by atoms with Gasteiger partial charge < -0.3 is 14.5 Å². The number of piperazine rings is 1. The summed E-state index contributed by atoms with van der Waals surface area (Å²) in [6, 6.07) is 4.49. The van der Waals surface area contributed by atoms with Crippen LogP contribution in [0, 0.1) is 11.8 Å². The van der Waals surface area contributed by atoms with Gasteiger partial charge in [0.15, 0.2) is 0 Å². The van der Waals surface area contributed by atoms with E-state index in [4.69, 9.17) is 4.74 Å². The first-order valence-electron chi connectivity index (χ1n) is 13.4. The number of likely N-dealkylation sites (tertiary alicyclic amines) is 1. The molecule has 198 valence electrons. The Kier molecular flexibility index (Phi) is 7.21. The lowest BCUT2D eigenvalue weighted by atomic mass is 9.81. The minimum atomic E-state index is -4.42. The Balaban J connectivity index is 1.38. The summed E-state index contributed by atoms with van der Waals surface area (Å²) in [6.45, 7) is 5.43. The zero-order valence-corrected chi connectivity index (χ0v) is 20.9. The van der Waals surface area contributed by atoms with Gasteiger partial charge >= 0.3 is 12.1 Å². The maximum atomic E-state index is 13.9. The second kappa shape index (κ2) is 10.2. The first-order valence-corrected chi connectivity index (χ1v) is 13.4. The van der Waals surface area contributed by atoms with Crippen LogP contribution in [0.1, 0.15) is 56.6 Å². The second-order valence-corrected chi connectivity index (χ2v) is 10.7. The van der Waals surface area contributed by atoms with Crippen LogP contribution >= 0.6 is 0 Å². The van der Waals surface area contributed by atoms with E-state index in [2.05, 4.69) is 9.80 Å².